The van der Waals surface area contributed by atoms with Gasteiger partial charge in [-0.15, -0.1) is 11.8 Å². The number of rotatable bonds is 4. The van der Waals surface area contributed by atoms with Crippen LogP contribution in [-0.2, 0) is 16.4 Å². The van der Waals surface area contributed by atoms with Gasteiger partial charge in [0.1, 0.15) is 0 Å². The summed E-state index contributed by atoms with van der Waals surface area (Å²) in [6.45, 7) is 0.399. The third-order valence-corrected chi connectivity index (χ3v) is 5.23. The fourth-order valence-corrected chi connectivity index (χ4v) is 3.63. The van der Waals surface area contributed by atoms with Gasteiger partial charge in [-0.2, -0.15) is 13.2 Å². The van der Waals surface area contributed by atoms with E-state index in [0.717, 1.165) is 30.5 Å². The highest BCUT2D eigenvalue weighted by atomic mass is 32.2. The molecule has 1 aromatic carbocycles. The second kappa shape index (κ2) is 5.77. The lowest BCUT2D eigenvalue weighted by atomic mass is 9.94. The molecule has 0 radical (unpaired) electrons. The van der Waals surface area contributed by atoms with Crippen LogP contribution in [0, 0.1) is 0 Å². The number of hydrogen-bond donors (Lipinski definition) is 2. The molecule has 1 aliphatic heterocycles. The second-order valence-corrected chi connectivity index (χ2v) is 6.88. The fraction of sp³-hybridized carbons (Fsp3) is 0.533. The summed E-state index contributed by atoms with van der Waals surface area (Å²) >= 11 is 1.66. The van der Waals surface area contributed by atoms with Gasteiger partial charge in [-0.25, -0.2) is 0 Å². The van der Waals surface area contributed by atoms with Gasteiger partial charge in [-0.1, -0.05) is 18.2 Å². The molecule has 3 nitrogen and oxygen atoms in total. The molecule has 0 bridgehead atoms. The predicted molar refractivity (Wildman–Crippen MR) is 79.6 cm³/mol. The lowest BCUT2D eigenvalue weighted by Gasteiger charge is -2.19. The number of amides is 1. The SMILES string of the molecule is O=C(NCC1(c2cccc(C(F)(F)F)c2)CC1)C1CSCN1. The fourth-order valence-electron chi connectivity index (χ4n) is 2.69. The molecule has 1 aromatic rings. The van der Waals surface area contributed by atoms with Gasteiger partial charge in [0.05, 0.1) is 11.6 Å². The minimum atomic E-state index is -4.33. The van der Waals surface area contributed by atoms with Gasteiger partial charge in [-0.05, 0) is 24.5 Å². The van der Waals surface area contributed by atoms with E-state index in [1.807, 2.05) is 0 Å². The number of alkyl halides is 3. The molecule has 2 N–H and O–H groups in total. The summed E-state index contributed by atoms with van der Waals surface area (Å²) in [5, 5.41) is 5.97. The molecule has 22 heavy (non-hydrogen) atoms. The van der Waals surface area contributed by atoms with Crippen LogP contribution in [0.5, 0.6) is 0 Å². The van der Waals surface area contributed by atoms with Crippen LogP contribution in [0.2, 0.25) is 0 Å². The monoisotopic (exact) mass is 330 g/mol. The van der Waals surface area contributed by atoms with Crippen LogP contribution in [0.3, 0.4) is 0 Å². The number of halogens is 3. The van der Waals surface area contributed by atoms with Gasteiger partial charge >= 0.3 is 6.18 Å². The maximum Gasteiger partial charge on any atom is 0.416 e. The Balaban J connectivity index is 1.67. The zero-order chi connectivity index (χ0) is 15.8. The highest BCUT2D eigenvalue weighted by Crippen LogP contribution is 2.48. The first-order chi connectivity index (χ1) is 10.4. The van der Waals surface area contributed by atoms with Crippen molar-refractivity contribution in [1.29, 1.82) is 0 Å². The lowest BCUT2D eigenvalue weighted by molar-refractivity contribution is -0.137. The van der Waals surface area contributed by atoms with E-state index in [9.17, 15) is 18.0 Å². The van der Waals surface area contributed by atoms with Crippen molar-refractivity contribution in [3.05, 3.63) is 35.4 Å². The predicted octanol–water partition coefficient (Wildman–Crippen LogP) is 2.52. The third-order valence-electron chi connectivity index (χ3n) is 4.29. The van der Waals surface area contributed by atoms with Crippen molar-refractivity contribution in [2.24, 2.45) is 0 Å². The second-order valence-electron chi connectivity index (χ2n) is 5.85. The van der Waals surface area contributed by atoms with Gasteiger partial charge in [0.15, 0.2) is 0 Å². The molecule has 7 heteroatoms. The zero-order valence-electron chi connectivity index (χ0n) is 11.9. The minimum absolute atomic E-state index is 0.0664. The Morgan fingerprint density at radius 3 is 2.77 bits per heavy atom. The van der Waals surface area contributed by atoms with Crippen LogP contribution in [0.4, 0.5) is 13.2 Å². The maximum atomic E-state index is 12.8. The number of hydrogen-bond acceptors (Lipinski definition) is 3. The van der Waals surface area contributed by atoms with Crippen molar-refractivity contribution in [3.8, 4) is 0 Å². The number of carbonyl (C=O) groups is 1. The summed E-state index contributed by atoms with van der Waals surface area (Å²) in [6, 6.07) is 5.26. The molecule has 3 rings (SSSR count). The Labute approximate surface area is 131 Å². The van der Waals surface area contributed by atoms with Gasteiger partial charge < -0.3 is 5.32 Å². The summed E-state index contributed by atoms with van der Waals surface area (Å²) in [6.07, 6.45) is -2.72. The Bertz CT molecular complexity index is 566. The average molecular weight is 330 g/mol. The quantitative estimate of drug-likeness (QED) is 0.891. The zero-order valence-corrected chi connectivity index (χ0v) is 12.7. The van der Waals surface area contributed by atoms with E-state index < -0.39 is 11.7 Å². The van der Waals surface area contributed by atoms with Crippen LogP contribution in [-0.4, -0.2) is 30.1 Å². The molecule has 0 aromatic heterocycles. The first kappa shape index (κ1) is 15.7. The Morgan fingerprint density at radius 2 is 2.18 bits per heavy atom. The van der Waals surface area contributed by atoms with Crippen LogP contribution in [0.25, 0.3) is 0 Å². The summed E-state index contributed by atoms with van der Waals surface area (Å²) in [4.78, 5) is 12.0. The van der Waals surface area contributed by atoms with Crippen LogP contribution in [0.15, 0.2) is 24.3 Å². The van der Waals surface area contributed by atoms with Gasteiger partial charge in [0.2, 0.25) is 5.91 Å². The van der Waals surface area contributed by atoms with E-state index in [4.69, 9.17) is 0 Å². The Hall–Kier alpha value is -1.21. The van der Waals surface area contributed by atoms with Crippen LogP contribution >= 0.6 is 11.8 Å². The molecular weight excluding hydrogens is 313 g/mol. The number of benzene rings is 1. The number of carbonyl (C=O) groups excluding carboxylic acids is 1. The van der Waals surface area contributed by atoms with Crippen molar-refractivity contribution >= 4 is 17.7 Å². The van der Waals surface area contributed by atoms with E-state index in [1.165, 1.54) is 12.1 Å². The van der Waals surface area contributed by atoms with Crippen molar-refractivity contribution in [3.63, 3.8) is 0 Å². The first-order valence-corrected chi connectivity index (χ1v) is 8.33. The molecular formula is C15H17F3N2OS. The molecule has 1 atom stereocenters. The maximum absolute atomic E-state index is 12.8. The van der Waals surface area contributed by atoms with Crippen molar-refractivity contribution in [2.75, 3.05) is 18.2 Å². The molecule has 1 amide bonds. The van der Waals surface area contributed by atoms with E-state index in [1.54, 1.807) is 17.8 Å². The smallest absolute Gasteiger partial charge is 0.354 e. The molecule has 0 spiro atoms. The number of nitrogens with one attached hydrogen (secondary N) is 2. The third kappa shape index (κ3) is 3.25. The topological polar surface area (TPSA) is 41.1 Å². The Morgan fingerprint density at radius 1 is 1.41 bits per heavy atom. The summed E-state index contributed by atoms with van der Waals surface area (Å²) in [5.41, 5.74) is -0.296. The highest BCUT2D eigenvalue weighted by Gasteiger charge is 2.45. The molecule has 1 saturated carbocycles. The molecule has 1 unspecified atom stereocenters. The molecule has 1 heterocycles. The van der Waals surface area contributed by atoms with Gasteiger partial charge in [0, 0.05) is 23.6 Å². The largest absolute Gasteiger partial charge is 0.416 e. The highest BCUT2D eigenvalue weighted by molar-refractivity contribution is 7.99. The van der Waals surface area contributed by atoms with Gasteiger partial charge in [0.25, 0.3) is 0 Å². The van der Waals surface area contributed by atoms with E-state index in [0.29, 0.717) is 12.1 Å². The molecule has 120 valence electrons. The van der Waals surface area contributed by atoms with Crippen molar-refractivity contribution in [1.82, 2.24) is 10.6 Å². The van der Waals surface area contributed by atoms with Crippen LogP contribution < -0.4 is 10.6 Å². The van der Waals surface area contributed by atoms with Crippen molar-refractivity contribution in [2.45, 2.75) is 30.5 Å². The van der Waals surface area contributed by atoms with Crippen LogP contribution in [0.1, 0.15) is 24.0 Å². The molecule has 1 saturated heterocycles. The van der Waals surface area contributed by atoms with Crippen molar-refractivity contribution < 1.29 is 18.0 Å². The summed E-state index contributed by atoms with van der Waals surface area (Å²) < 4.78 is 38.4. The minimum Gasteiger partial charge on any atom is -0.354 e. The van der Waals surface area contributed by atoms with E-state index in [-0.39, 0.29) is 17.4 Å². The first-order valence-electron chi connectivity index (χ1n) is 7.17. The summed E-state index contributed by atoms with van der Waals surface area (Å²) in [5.74, 6) is 1.43. The molecule has 2 fully saturated rings. The standard InChI is InChI=1S/C15H17F3N2OS/c16-15(17,18)11-3-1-2-10(6-11)14(4-5-14)8-19-13(21)12-7-22-9-20-12/h1-3,6,12,20H,4-5,7-9H2,(H,19,21). The van der Waals surface area contributed by atoms with Gasteiger partial charge in [-0.3, -0.25) is 10.1 Å². The van der Waals surface area contributed by atoms with E-state index in [2.05, 4.69) is 10.6 Å². The Kier molecular flexibility index (Phi) is 4.11. The normalized spacial score (nSPS) is 23.3. The van der Waals surface area contributed by atoms with E-state index >= 15 is 0 Å². The lowest BCUT2D eigenvalue weighted by Crippen LogP contribution is -2.44. The number of thioether (sulfide) groups is 1. The summed E-state index contributed by atoms with van der Waals surface area (Å²) in [7, 11) is 0. The molecule has 1 aliphatic carbocycles. The average Bonchev–Trinajstić information content (AvgIpc) is 3.08. The molecule has 2 aliphatic rings.